The molecule has 0 bridgehead atoms. The molecule has 100 valence electrons. The summed E-state index contributed by atoms with van der Waals surface area (Å²) in [6.07, 6.45) is 7.59. The third kappa shape index (κ3) is 4.39. The van der Waals surface area contributed by atoms with Crippen molar-refractivity contribution in [3.8, 4) is 0 Å². The summed E-state index contributed by atoms with van der Waals surface area (Å²) in [4.78, 5) is 6.66. The molecule has 1 aliphatic heterocycles. The van der Waals surface area contributed by atoms with E-state index in [9.17, 15) is 0 Å². The van der Waals surface area contributed by atoms with Crippen molar-refractivity contribution in [3.05, 3.63) is 30.1 Å². The second-order valence-electron chi connectivity index (χ2n) is 5.19. The summed E-state index contributed by atoms with van der Waals surface area (Å²) in [7, 11) is 0. The Morgan fingerprint density at radius 3 is 2.67 bits per heavy atom. The minimum Gasteiger partial charge on any atom is -0.317 e. The zero-order chi connectivity index (χ0) is 12.6. The van der Waals surface area contributed by atoms with Crippen molar-refractivity contribution < 1.29 is 0 Å². The van der Waals surface area contributed by atoms with Gasteiger partial charge < -0.3 is 10.2 Å². The standard InChI is InChI=1S/C15H25N3/c1-2-18(13-15-5-10-17-11-6-15)12-7-14-3-8-16-9-4-14/h3-4,8-9,15,17H,2,5-7,10-13H2,1H3. The Morgan fingerprint density at radius 1 is 1.28 bits per heavy atom. The SMILES string of the molecule is CCN(CCc1ccncc1)CC1CCNCC1. The van der Waals surface area contributed by atoms with Crippen LogP contribution in [-0.2, 0) is 6.42 Å². The third-order valence-corrected chi connectivity index (χ3v) is 3.89. The van der Waals surface area contributed by atoms with Gasteiger partial charge in [0.2, 0.25) is 0 Å². The van der Waals surface area contributed by atoms with Crippen LogP contribution in [0, 0.1) is 5.92 Å². The summed E-state index contributed by atoms with van der Waals surface area (Å²) in [5.41, 5.74) is 1.40. The van der Waals surface area contributed by atoms with Crippen LogP contribution in [0.3, 0.4) is 0 Å². The van der Waals surface area contributed by atoms with E-state index in [1.807, 2.05) is 12.4 Å². The molecule has 2 heterocycles. The molecule has 1 N–H and O–H groups in total. The second-order valence-corrected chi connectivity index (χ2v) is 5.19. The zero-order valence-electron chi connectivity index (χ0n) is 11.4. The third-order valence-electron chi connectivity index (χ3n) is 3.89. The Morgan fingerprint density at radius 2 is 2.00 bits per heavy atom. The fraction of sp³-hybridized carbons (Fsp3) is 0.667. The number of nitrogens with one attached hydrogen (secondary N) is 1. The lowest BCUT2D eigenvalue weighted by atomic mass is 9.97. The van der Waals surface area contributed by atoms with Gasteiger partial charge in [-0.05, 0) is 62.5 Å². The first-order valence-electron chi connectivity index (χ1n) is 7.20. The van der Waals surface area contributed by atoms with Crippen LogP contribution in [0.4, 0.5) is 0 Å². The van der Waals surface area contributed by atoms with Crippen LogP contribution < -0.4 is 5.32 Å². The zero-order valence-corrected chi connectivity index (χ0v) is 11.4. The first-order chi connectivity index (χ1) is 8.88. The molecule has 0 radical (unpaired) electrons. The van der Waals surface area contributed by atoms with Gasteiger partial charge in [0.1, 0.15) is 0 Å². The first-order valence-corrected chi connectivity index (χ1v) is 7.20. The van der Waals surface area contributed by atoms with Gasteiger partial charge in [-0.1, -0.05) is 6.92 Å². The summed E-state index contributed by atoms with van der Waals surface area (Å²) in [5, 5.41) is 3.44. The maximum absolute atomic E-state index is 4.07. The van der Waals surface area contributed by atoms with Crippen LogP contribution in [0.15, 0.2) is 24.5 Å². The van der Waals surface area contributed by atoms with Gasteiger partial charge >= 0.3 is 0 Å². The van der Waals surface area contributed by atoms with E-state index in [-0.39, 0.29) is 0 Å². The van der Waals surface area contributed by atoms with Gasteiger partial charge in [0, 0.05) is 25.5 Å². The Bertz CT molecular complexity index is 320. The van der Waals surface area contributed by atoms with E-state index in [0.717, 1.165) is 18.9 Å². The molecule has 1 aliphatic rings. The van der Waals surface area contributed by atoms with E-state index in [1.54, 1.807) is 0 Å². The average Bonchev–Trinajstić information content (AvgIpc) is 2.45. The molecule has 0 atom stereocenters. The van der Waals surface area contributed by atoms with Crippen molar-refractivity contribution in [2.75, 3.05) is 32.7 Å². The number of piperidine rings is 1. The van der Waals surface area contributed by atoms with Crippen LogP contribution in [0.2, 0.25) is 0 Å². The molecule has 2 rings (SSSR count). The summed E-state index contributed by atoms with van der Waals surface area (Å²) < 4.78 is 0. The topological polar surface area (TPSA) is 28.2 Å². The Balaban J connectivity index is 1.74. The highest BCUT2D eigenvalue weighted by atomic mass is 15.1. The summed E-state index contributed by atoms with van der Waals surface area (Å²) >= 11 is 0. The molecule has 18 heavy (non-hydrogen) atoms. The highest BCUT2D eigenvalue weighted by Gasteiger charge is 2.15. The molecular formula is C15H25N3. The van der Waals surface area contributed by atoms with Crippen LogP contribution in [0.1, 0.15) is 25.3 Å². The van der Waals surface area contributed by atoms with Crippen molar-refractivity contribution in [2.45, 2.75) is 26.2 Å². The molecule has 0 unspecified atom stereocenters. The van der Waals surface area contributed by atoms with E-state index in [1.165, 1.54) is 44.6 Å². The van der Waals surface area contributed by atoms with Crippen LogP contribution >= 0.6 is 0 Å². The van der Waals surface area contributed by atoms with Gasteiger partial charge in [0.25, 0.3) is 0 Å². The van der Waals surface area contributed by atoms with E-state index in [4.69, 9.17) is 0 Å². The van der Waals surface area contributed by atoms with Crippen molar-refractivity contribution >= 4 is 0 Å². The smallest absolute Gasteiger partial charge is 0.0270 e. The van der Waals surface area contributed by atoms with Crippen molar-refractivity contribution in [1.29, 1.82) is 0 Å². The molecule has 0 aliphatic carbocycles. The van der Waals surface area contributed by atoms with Crippen LogP contribution in [0.5, 0.6) is 0 Å². The molecule has 3 heteroatoms. The Kier molecular flexibility index (Phi) is 5.62. The fourth-order valence-corrected chi connectivity index (χ4v) is 2.64. The molecule has 1 aromatic rings. The van der Waals surface area contributed by atoms with Crippen molar-refractivity contribution in [1.82, 2.24) is 15.2 Å². The number of nitrogens with zero attached hydrogens (tertiary/aromatic N) is 2. The number of pyridine rings is 1. The van der Waals surface area contributed by atoms with E-state index in [2.05, 4.69) is 34.3 Å². The van der Waals surface area contributed by atoms with Gasteiger partial charge in [-0.15, -0.1) is 0 Å². The quantitative estimate of drug-likeness (QED) is 0.833. The predicted molar refractivity (Wildman–Crippen MR) is 75.6 cm³/mol. The lowest BCUT2D eigenvalue weighted by Gasteiger charge is -2.29. The lowest BCUT2D eigenvalue weighted by molar-refractivity contribution is 0.215. The molecule has 1 saturated heterocycles. The molecule has 3 nitrogen and oxygen atoms in total. The highest BCUT2D eigenvalue weighted by Crippen LogP contribution is 2.13. The molecular weight excluding hydrogens is 222 g/mol. The van der Waals surface area contributed by atoms with E-state index < -0.39 is 0 Å². The average molecular weight is 247 g/mol. The first kappa shape index (κ1) is 13.5. The van der Waals surface area contributed by atoms with Gasteiger partial charge in [-0.2, -0.15) is 0 Å². The highest BCUT2D eigenvalue weighted by molar-refractivity contribution is 5.09. The predicted octanol–water partition coefficient (Wildman–Crippen LogP) is 1.95. The van der Waals surface area contributed by atoms with Crippen molar-refractivity contribution in [2.24, 2.45) is 5.92 Å². The second kappa shape index (κ2) is 7.49. The molecule has 0 aromatic carbocycles. The molecule has 1 aromatic heterocycles. The Hall–Kier alpha value is -0.930. The molecule has 0 saturated carbocycles. The van der Waals surface area contributed by atoms with Gasteiger partial charge in [0.05, 0.1) is 0 Å². The van der Waals surface area contributed by atoms with Gasteiger partial charge in [-0.25, -0.2) is 0 Å². The van der Waals surface area contributed by atoms with E-state index >= 15 is 0 Å². The number of rotatable bonds is 6. The van der Waals surface area contributed by atoms with Gasteiger partial charge in [0.15, 0.2) is 0 Å². The normalized spacial score (nSPS) is 17.2. The number of likely N-dealkylation sites (N-methyl/N-ethyl adjacent to an activating group) is 1. The number of hydrogen-bond donors (Lipinski definition) is 1. The maximum atomic E-state index is 4.07. The van der Waals surface area contributed by atoms with Crippen LogP contribution in [0.25, 0.3) is 0 Å². The Labute approximate surface area is 111 Å². The molecule has 1 fully saturated rings. The number of hydrogen-bond acceptors (Lipinski definition) is 3. The molecule has 0 amide bonds. The lowest BCUT2D eigenvalue weighted by Crippen LogP contribution is -2.37. The largest absolute Gasteiger partial charge is 0.317 e. The molecule has 0 spiro atoms. The summed E-state index contributed by atoms with van der Waals surface area (Å²) in [6, 6.07) is 4.25. The maximum Gasteiger partial charge on any atom is 0.0270 e. The van der Waals surface area contributed by atoms with E-state index in [0.29, 0.717) is 0 Å². The van der Waals surface area contributed by atoms with Gasteiger partial charge in [-0.3, -0.25) is 4.98 Å². The summed E-state index contributed by atoms with van der Waals surface area (Å²) in [6.45, 7) is 8.27. The van der Waals surface area contributed by atoms with Crippen molar-refractivity contribution in [3.63, 3.8) is 0 Å². The monoisotopic (exact) mass is 247 g/mol. The number of aromatic nitrogens is 1. The van der Waals surface area contributed by atoms with Crippen LogP contribution in [-0.4, -0.2) is 42.6 Å². The minimum absolute atomic E-state index is 0.892. The minimum atomic E-state index is 0.892. The summed E-state index contributed by atoms with van der Waals surface area (Å²) in [5.74, 6) is 0.892. The fourth-order valence-electron chi connectivity index (χ4n) is 2.64.